The Hall–Kier alpha value is -1.81. The average molecular weight is 437 g/mol. The lowest BCUT2D eigenvalue weighted by molar-refractivity contribution is -0.148. The molecule has 0 aromatic heterocycles. The van der Waals surface area contributed by atoms with E-state index in [2.05, 4.69) is 0 Å². The fourth-order valence-corrected chi connectivity index (χ4v) is 5.99. The normalized spacial score (nSPS) is 25.9. The van der Waals surface area contributed by atoms with Gasteiger partial charge >= 0.3 is 0 Å². The highest BCUT2D eigenvalue weighted by atomic mass is 32.2. The summed E-state index contributed by atoms with van der Waals surface area (Å²) in [6.45, 7) is 3.72. The summed E-state index contributed by atoms with van der Waals surface area (Å²) in [6, 6.07) is 6.78. The summed E-state index contributed by atoms with van der Waals surface area (Å²) < 4.78 is 27.5. The maximum Gasteiger partial charge on any atom is 0.243 e. The number of hydrogen-bond donors (Lipinski definition) is 1. The van der Waals surface area contributed by atoms with E-state index in [0.717, 1.165) is 24.8 Å². The van der Waals surface area contributed by atoms with E-state index in [9.17, 15) is 18.0 Å². The van der Waals surface area contributed by atoms with E-state index in [0.29, 0.717) is 38.8 Å². The van der Waals surface area contributed by atoms with Crippen LogP contribution in [0.5, 0.6) is 0 Å². The first-order chi connectivity index (χ1) is 14.2. The van der Waals surface area contributed by atoms with Crippen molar-refractivity contribution in [2.45, 2.75) is 49.7 Å². The molecular formula is C21H32N4O4S. The molecule has 2 fully saturated rings. The van der Waals surface area contributed by atoms with Crippen LogP contribution in [0.2, 0.25) is 0 Å². The van der Waals surface area contributed by atoms with Gasteiger partial charge in [-0.05, 0) is 44.7 Å². The minimum absolute atomic E-state index is 0.140. The van der Waals surface area contributed by atoms with Gasteiger partial charge in [0.2, 0.25) is 15.9 Å². The summed E-state index contributed by atoms with van der Waals surface area (Å²) in [7, 11) is -1.96. The molecule has 2 N–H and O–H groups in total. The van der Waals surface area contributed by atoms with Crippen molar-refractivity contribution in [3.05, 3.63) is 29.8 Å². The summed E-state index contributed by atoms with van der Waals surface area (Å²) in [6.07, 6.45) is 3.97. The predicted octanol–water partition coefficient (Wildman–Crippen LogP) is 1.15. The molecule has 8 nitrogen and oxygen atoms in total. The van der Waals surface area contributed by atoms with Crippen LogP contribution >= 0.6 is 0 Å². The molecular weight excluding hydrogens is 404 g/mol. The molecule has 2 atom stereocenters. The van der Waals surface area contributed by atoms with Gasteiger partial charge in [0.05, 0.1) is 10.8 Å². The second kappa shape index (κ2) is 9.13. The van der Waals surface area contributed by atoms with Gasteiger partial charge in [-0.25, -0.2) is 8.42 Å². The molecule has 2 saturated heterocycles. The summed E-state index contributed by atoms with van der Waals surface area (Å²) in [5, 5.41) is 0. The Labute approximate surface area is 179 Å². The van der Waals surface area contributed by atoms with Gasteiger partial charge in [-0.1, -0.05) is 17.7 Å². The third-order valence-electron chi connectivity index (χ3n) is 6.34. The number of likely N-dealkylation sites (tertiary alicyclic amines) is 1. The Kier molecular flexibility index (Phi) is 6.96. The standard InChI is InChI=1S/C21H32N4O4S/c1-17-7-9-19(10-8-17)30(28,29)25-14-3-6-18(16-25)20(27)23(2)21(22)11-4-12-24(21)13-5-15-26/h7-10,15,18H,3-6,11-14,16,22H2,1-2H3. The quantitative estimate of drug-likeness (QED) is 0.508. The minimum Gasteiger partial charge on any atom is -0.314 e. The van der Waals surface area contributed by atoms with E-state index >= 15 is 0 Å². The topological polar surface area (TPSA) is 104 Å². The molecule has 0 radical (unpaired) electrons. The smallest absolute Gasteiger partial charge is 0.243 e. The predicted molar refractivity (Wildman–Crippen MR) is 114 cm³/mol. The second-order valence-electron chi connectivity index (χ2n) is 8.34. The van der Waals surface area contributed by atoms with Gasteiger partial charge < -0.3 is 9.69 Å². The molecule has 1 aromatic rings. The van der Waals surface area contributed by atoms with Gasteiger partial charge in [0.1, 0.15) is 12.1 Å². The lowest BCUT2D eigenvalue weighted by atomic mass is 9.97. The lowest BCUT2D eigenvalue weighted by Gasteiger charge is -2.44. The lowest BCUT2D eigenvalue weighted by Crippen LogP contribution is -2.65. The molecule has 30 heavy (non-hydrogen) atoms. The first-order valence-corrected chi connectivity index (χ1v) is 12.0. The number of sulfonamides is 1. The number of nitrogens with two attached hydrogens (primary N) is 1. The summed E-state index contributed by atoms with van der Waals surface area (Å²) in [4.78, 5) is 27.9. The molecule has 2 unspecified atom stereocenters. The van der Waals surface area contributed by atoms with Gasteiger partial charge in [-0.3, -0.25) is 15.4 Å². The van der Waals surface area contributed by atoms with Gasteiger partial charge in [-0.15, -0.1) is 0 Å². The van der Waals surface area contributed by atoms with Gasteiger partial charge in [0.25, 0.3) is 0 Å². The number of aryl methyl sites for hydroxylation is 1. The maximum absolute atomic E-state index is 13.3. The molecule has 0 spiro atoms. The van der Waals surface area contributed by atoms with E-state index in [-0.39, 0.29) is 17.3 Å². The zero-order valence-corrected chi connectivity index (χ0v) is 18.6. The number of hydrogen-bond acceptors (Lipinski definition) is 6. The van der Waals surface area contributed by atoms with Gasteiger partial charge in [0, 0.05) is 39.6 Å². The molecule has 1 aromatic carbocycles. The third-order valence-corrected chi connectivity index (χ3v) is 8.22. The number of piperidine rings is 1. The van der Waals surface area contributed by atoms with E-state index in [1.165, 1.54) is 4.31 Å². The highest BCUT2D eigenvalue weighted by Gasteiger charge is 2.45. The van der Waals surface area contributed by atoms with Crippen molar-refractivity contribution < 1.29 is 18.0 Å². The fraction of sp³-hybridized carbons (Fsp3) is 0.619. The number of nitrogens with zero attached hydrogens (tertiary/aromatic N) is 3. The van der Waals surface area contributed by atoms with Crippen molar-refractivity contribution in [1.29, 1.82) is 0 Å². The Bertz CT molecular complexity index is 873. The summed E-state index contributed by atoms with van der Waals surface area (Å²) >= 11 is 0. The van der Waals surface area contributed by atoms with Crippen LogP contribution < -0.4 is 5.73 Å². The van der Waals surface area contributed by atoms with Crippen LogP contribution in [-0.2, 0) is 19.6 Å². The molecule has 9 heteroatoms. The van der Waals surface area contributed by atoms with Crippen LogP contribution in [0, 0.1) is 12.8 Å². The Balaban J connectivity index is 1.73. The molecule has 3 rings (SSSR count). The van der Waals surface area contributed by atoms with Crippen molar-refractivity contribution in [3.8, 4) is 0 Å². The van der Waals surface area contributed by atoms with Crippen molar-refractivity contribution >= 4 is 22.2 Å². The summed E-state index contributed by atoms with van der Waals surface area (Å²) in [5.41, 5.74) is 7.60. The van der Waals surface area contributed by atoms with Crippen molar-refractivity contribution in [2.24, 2.45) is 11.7 Å². The van der Waals surface area contributed by atoms with Crippen LogP contribution in [0.15, 0.2) is 29.2 Å². The van der Waals surface area contributed by atoms with E-state index < -0.39 is 21.7 Å². The number of carbonyl (C=O) groups is 2. The largest absolute Gasteiger partial charge is 0.314 e. The first-order valence-electron chi connectivity index (χ1n) is 10.5. The molecule has 1 amide bonds. The number of aldehydes is 1. The first kappa shape index (κ1) is 22.9. The van der Waals surface area contributed by atoms with Crippen LogP contribution in [0.25, 0.3) is 0 Å². The molecule has 2 aliphatic heterocycles. The highest BCUT2D eigenvalue weighted by molar-refractivity contribution is 7.89. The number of benzene rings is 1. The highest BCUT2D eigenvalue weighted by Crippen LogP contribution is 2.31. The molecule has 2 heterocycles. The van der Waals surface area contributed by atoms with Crippen LogP contribution in [0.3, 0.4) is 0 Å². The van der Waals surface area contributed by atoms with Crippen molar-refractivity contribution in [2.75, 3.05) is 33.2 Å². The molecule has 166 valence electrons. The number of carbonyl (C=O) groups excluding carboxylic acids is 2. The third kappa shape index (κ3) is 4.44. The zero-order valence-electron chi connectivity index (χ0n) is 17.8. The second-order valence-corrected chi connectivity index (χ2v) is 10.3. The Morgan fingerprint density at radius 3 is 2.63 bits per heavy atom. The van der Waals surface area contributed by atoms with E-state index in [1.54, 1.807) is 36.2 Å². The van der Waals surface area contributed by atoms with Crippen molar-refractivity contribution in [3.63, 3.8) is 0 Å². The van der Waals surface area contributed by atoms with Crippen LogP contribution in [0.4, 0.5) is 0 Å². The SMILES string of the molecule is Cc1ccc(S(=O)(=O)N2CCCC(C(=O)N(C)C3(N)CCCN3CCC=O)C2)cc1. The van der Waals surface area contributed by atoms with Gasteiger partial charge in [-0.2, -0.15) is 4.31 Å². The molecule has 0 aliphatic carbocycles. The maximum atomic E-state index is 13.3. The average Bonchev–Trinajstić information content (AvgIpc) is 3.13. The fourth-order valence-electron chi connectivity index (χ4n) is 4.46. The van der Waals surface area contributed by atoms with Gasteiger partial charge in [0.15, 0.2) is 0 Å². The molecule has 2 aliphatic rings. The Morgan fingerprint density at radius 2 is 1.97 bits per heavy atom. The minimum atomic E-state index is -3.65. The van der Waals surface area contributed by atoms with Crippen molar-refractivity contribution in [1.82, 2.24) is 14.1 Å². The number of amides is 1. The van der Waals surface area contributed by atoms with E-state index in [1.807, 2.05) is 11.8 Å². The van der Waals surface area contributed by atoms with E-state index in [4.69, 9.17) is 5.73 Å². The zero-order chi connectivity index (χ0) is 21.9. The Morgan fingerprint density at radius 1 is 1.27 bits per heavy atom. The van der Waals surface area contributed by atoms with Crippen LogP contribution in [0.1, 0.15) is 37.7 Å². The van der Waals surface area contributed by atoms with Crippen LogP contribution in [-0.4, -0.2) is 73.7 Å². The molecule has 0 bridgehead atoms. The number of rotatable bonds is 7. The molecule has 0 saturated carbocycles. The monoisotopic (exact) mass is 436 g/mol. The summed E-state index contributed by atoms with van der Waals surface area (Å²) in [5.74, 6) is -1.50.